The number of amides is 2. The number of sulfonamides is 1. The Morgan fingerprint density at radius 2 is 1.81 bits per heavy atom. The molecule has 1 atom stereocenters. The number of rotatable bonds is 4. The monoisotopic (exact) mass is 445 g/mol. The maximum atomic E-state index is 13.0. The smallest absolute Gasteiger partial charge is 0.267 e. The van der Waals surface area contributed by atoms with Crippen molar-refractivity contribution < 1.29 is 22.7 Å². The molecule has 0 saturated carbocycles. The second kappa shape index (κ2) is 8.22. The van der Waals surface area contributed by atoms with Crippen molar-refractivity contribution in [1.82, 2.24) is 5.32 Å². The molecule has 1 heterocycles. The highest BCUT2D eigenvalue weighted by molar-refractivity contribution is 7.92. The van der Waals surface area contributed by atoms with Gasteiger partial charge in [0, 0.05) is 5.54 Å². The highest BCUT2D eigenvalue weighted by Crippen LogP contribution is 2.36. The number of nitrogens with zero attached hydrogens (tertiary/aromatic N) is 1. The Kier molecular flexibility index (Phi) is 6.00. The molecule has 2 aromatic rings. The molecule has 31 heavy (non-hydrogen) atoms. The van der Waals surface area contributed by atoms with Crippen LogP contribution in [0.2, 0.25) is 0 Å². The molecule has 2 aromatic carbocycles. The number of aryl methyl sites for hydroxylation is 1. The lowest BCUT2D eigenvalue weighted by Crippen LogP contribution is -2.48. The van der Waals surface area contributed by atoms with E-state index in [1.807, 2.05) is 27.7 Å². The number of hydrogen-bond donors (Lipinski definition) is 2. The van der Waals surface area contributed by atoms with E-state index in [0.717, 1.165) is 11.8 Å². The van der Waals surface area contributed by atoms with Crippen LogP contribution in [0.1, 0.15) is 36.7 Å². The van der Waals surface area contributed by atoms with E-state index in [2.05, 4.69) is 10.6 Å². The van der Waals surface area contributed by atoms with Crippen LogP contribution in [0.5, 0.6) is 5.75 Å². The average molecular weight is 446 g/mol. The molecule has 0 spiro atoms. The molecule has 0 unspecified atom stereocenters. The predicted octanol–water partition coefficient (Wildman–Crippen LogP) is 2.69. The summed E-state index contributed by atoms with van der Waals surface area (Å²) < 4.78 is 31.7. The predicted molar refractivity (Wildman–Crippen MR) is 120 cm³/mol. The van der Waals surface area contributed by atoms with E-state index < -0.39 is 27.6 Å². The van der Waals surface area contributed by atoms with Crippen molar-refractivity contribution >= 4 is 33.2 Å². The largest absolute Gasteiger partial charge is 0.476 e. The fourth-order valence-electron chi connectivity index (χ4n) is 3.22. The third kappa shape index (κ3) is 5.35. The lowest BCUT2D eigenvalue weighted by atomic mass is 10.1. The number of para-hydroxylation sites is 1. The van der Waals surface area contributed by atoms with Crippen molar-refractivity contribution in [3.8, 4) is 5.75 Å². The molecule has 0 radical (unpaired) electrons. The molecule has 0 fully saturated rings. The first-order valence-electron chi connectivity index (χ1n) is 9.82. The molecule has 2 N–H and O–H groups in total. The number of carbonyl (C=O) groups excluding carboxylic acids is 2. The zero-order valence-electron chi connectivity index (χ0n) is 18.2. The van der Waals surface area contributed by atoms with E-state index in [9.17, 15) is 18.0 Å². The fourth-order valence-corrected chi connectivity index (χ4v) is 4.13. The molecule has 9 heteroatoms. The van der Waals surface area contributed by atoms with Crippen LogP contribution in [-0.4, -0.2) is 44.7 Å². The number of benzene rings is 2. The summed E-state index contributed by atoms with van der Waals surface area (Å²) in [7, 11) is -3.63. The normalized spacial score (nSPS) is 16.2. The topological polar surface area (TPSA) is 105 Å². The Morgan fingerprint density at radius 3 is 2.45 bits per heavy atom. The second-order valence-corrected chi connectivity index (χ2v) is 10.5. The van der Waals surface area contributed by atoms with Gasteiger partial charge in [-0.3, -0.25) is 13.9 Å². The van der Waals surface area contributed by atoms with Crippen LogP contribution in [0.3, 0.4) is 0 Å². The molecule has 2 amide bonds. The van der Waals surface area contributed by atoms with Gasteiger partial charge in [-0.2, -0.15) is 0 Å². The summed E-state index contributed by atoms with van der Waals surface area (Å²) in [5, 5.41) is 5.58. The van der Waals surface area contributed by atoms with Gasteiger partial charge in [0.2, 0.25) is 10.0 Å². The Morgan fingerprint density at radius 1 is 1.13 bits per heavy atom. The van der Waals surface area contributed by atoms with Gasteiger partial charge in [0.1, 0.15) is 5.75 Å². The van der Waals surface area contributed by atoms with Crippen molar-refractivity contribution in [1.29, 1.82) is 0 Å². The van der Waals surface area contributed by atoms with Crippen molar-refractivity contribution in [2.45, 2.75) is 39.3 Å². The highest BCUT2D eigenvalue weighted by Gasteiger charge is 2.35. The van der Waals surface area contributed by atoms with E-state index in [4.69, 9.17) is 4.74 Å². The lowest BCUT2D eigenvalue weighted by molar-refractivity contribution is -0.122. The van der Waals surface area contributed by atoms with Gasteiger partial charge < -0.3 is 15.4 Å². The number of carbonyl (C=O) groups is 2. The summed E-state index contributed by atoms with van der Waals surface area (Å²) in [5.74, 6) is -0.566. The summed E-state index contributed by atoms with van der Waals surface area (Å²) in [4.78, 5) is 25.6. The summed E-state index contributed by atoms with van der Waals surface area (Å²) in [6.45, 7) is 7.26. The third-order valence-corrected chi connectivity index (χ3v) is 5.74. The SMILES string of the molecule is Cc1ccc2c(c1)N(S(C)(=O)=O)C[C@H](C(=O)Nc1ccccc1C(=O)NC(C)(C)C)O2. The third-order valence-electron chi connectivity index (χ3n) is 4.59. The Bertz CT molecular complexity index is 1120. The number of fused-ring (bicyclic) bond motifs is 1. The first-order valence-corrected chi connectivity index (χ1v) is 11.7. The van der Waals surface area contributed by atoms with Gasteiger partial charge in [-0.25, -0.2) is 8.42 Å². The average Bonchev–Trinajstić information content (AvgIpc) is 2.65. The minimum atomic E-state index is -3.63. The number of nitrogens with one attached hydrogen (secondary N) is 2. The molecule has 3 rings (SSSR count). The van der Waals surface area contributed by atoms with Crippen LogP contribution in [0.25, 0.3) is 0 Å². The minimum absolute atomic E-state index is 0.169. The van der Waals surface area contributed by atoms with E-state index in [1.165, 1.54) is 4.31 Å². The van der Waals surface area contributed by atoms with Crippen LogP contribution in [0, 0.1) is 6.92 Å². The number of anilines is 2. The van der Waals surface area contributed by atoms with Gasteiger partial charge in [0.15, 0.2) is 6.10 Å². The van der Waals surface area contributed by atoms with Crippen LogP contribution < -0.4 is 19.7 Å². The first-order chi connectivity index (χ1) is 14.3. The molecule has 0 bridgehead atoms. The molecular formula is C22H27N3O5S. The lowest BCUT2D eigenvalue weighted by Gasteiger charge is -2.34. The molecule has 0 aromatic heterocycles. The first kappa shape index (κ1) is 22.6. The van der Waals surface area contributed by atoms with Crippen molar-refractivity contribution in [2.75, 3.05) is 22.4 Å². The van der Waals surface area contributed by atoms with Crippen molar-refractivity contribution in [3.05, 3.63) is 53.6 Å². The molecule has 0 saturated heterocycles. The van der Waals surface area contributed by atoms with E-state index in [0.29, 0.717) is 22.7 Å². The van der Waals surface area contributed by atoms with Gasteiger partial charge in [0.25, 0.3) is 11.8 Å². The highest BCUT2D eigenvalue weighted by atomic mass is 32.2. The standard InChI is InChI=1S/C22H27N3O5S/c1-14-10-11-18-17(12-14)25(31(5,28)29)13-19(30-18)21(27)23-16-9-7-6-8-15(16)20(26)24-22(2,3)4/h6-12,19H,13H2,1-5H3,(H,23,27)(H,24,26)/t19-/m1/s1. The molecule has 1 aliphatic rings. The molecule has 0 aliphatic carbocycles. The van der Waals surface area contributed by atoms with Crippen LogP contribution in [-0.2, 0) is 14.8 Å². The summed E-state index contributed by atoms with van der Waals surface area (Å²) in [5.41, 5.74) is 1.45. The quantitative estimate of drug-likeness (QED) is 0.753. The summed E-state index contributed by atoms with van der Waals surface area (Å²) in [6.07, 6.45) is 0.00888. The van der Waals surface area contributed by atoms with Crippen molar-refractivity contribution in [2.24, 2.45) is 0 Å². The summed E-state index contributed by atoms with van der Waals surface area (Å²) >= 11 is 0. The Balaban J connectivity index is 1.87. The maximum Gasteiger partial charge on any atom is 0.267 e. The van der Waals surface area contributed by atoms with E-state index in [1.54, 1.807) is 42.5 Å². The zero-order valence-corrected chi connectivity index (χ0v) is 19.0. The molecule has 166 valence electrons. The number of ether oxygens (including phenoxy) is 1. The van der Waals surface area contributed by atoms with Crippen LogP contribution in [0.15, 0.2) is 42.5 Å². The van der Waals surface area contributed by atoms with E-state index >= 15 is 0 Å². The zero-order chi connectivity index (χ0) is 23.0. The van der Waals surface area contributed by atoms with Gasteiger partial charge in [0.05, 0.1) is 29.7 Å². The van der Waals surface area contributed by atoms with Crippen molar-refractivity contribution in [3.63, 3.8) is 0 Å². The molecular weight excluding hydrogens is 418 g/mol. The van der Waals surface area contributed by atoms with Gasteiger partial charge in [-0.05, 0) is 57.5 Å². The Labute approximate surface area is 182 Å². The minimum Gasteiger partial charge on any atom is -0.476 e. The Hall–Kier alpha value is -3.07. The van der Waals surface area contributed by atoms with Gasteiger partial charge in [-0.1, -0.05) is 18.2 Å². The van der Waals surface area contributed by atoms with E-state index in [-0.39, 0.29) is 12.5 Å². The second-order valence-electron chi connectivity index (χ2n) is 8.61. The van der Waals surface area contributed by atoms with Gasteiger partial charge >= 0.3 is 0 Å². The van der Waals surface area contributed by atoms with Crippen LogP contribution in [0.4, 0.5) is 11.4 Å². The molecule has 1 aliphatic heterocycles. The van der Waals surface area contributed by atoms with Gasteiger partial charge in [-0.15, -0.1) is 0 Å². The maximum absolute atomic E-state index is 13.0. The fraction of sp³-hybridized carbons (Fsp3) is 0.364. The van der Waals surface area contributed by atoms with Crippen LogP contribution >= 0.6 is 0 Å². The number of hydrogen-bond acceptors (Lipinski definition) is 5. The summed E-state index contributed by atoms with van der Waals surface area (Å²) in [6, 6.07) is 11.8. The molecule has 8 nitrogen and oxygen atoms in total.